The maximum absolute atomic E-state index is 14.5. The van der Waals surface area contributed by atoms with Gasteiger partial charge < -0.3 is 14.7 Å². The lowest BCUT2D eigenvalue weighted by molar-refractivity contribution is -0.163. The standard InChI is InChI=1S/C31H32F5N5O2/c1-18(42)40-15-22-8-21(19-5-7-39(29(43)11-19)17-31(34,35)36)10-28(26(22)16-40)41-6-3-4-20-9-24(23-13-37-38(2)14-23)25(30(32)33)12-27(20)41/h8-10,12-14,19,30H,3-7,11,15-17H2,1-2H3. The first-order chi connectivity index (χ1) is 20.4. The summed E-state index contributed by atoms with van der Waals surface area (Å²) >= 11 is 0. The summed E-state index contributed by atoms with van der Waals surface area (Å²) in [7, 11) is 1.73. The molecule has 0 aliphatic carbocycles. The molecule has 0 saturated carbocycles. The van der Waals surface area contributed by atoms with E-state index in [1.54, 1.807) is 35.1 Å². The largest absolute Gasteiger partial charge is 0.406 e. The summed E-state index contributed by atoms with van der Waals surface area (Å²) in [5, 5.41) is 4.16. The molecule has 43 heavy (non-hydrogen) atoms. The van der Waals surface area contributed by atoms with Gasteiger partial charge in [0.1, 0.15) is 6.54 Å². The van der Waals surface area contributed by atoms with Gasteiger partial charge in [-0.25, -0.2) is 8.78 Å². The molecule has 2 amide bonds. The second-order valence-corrected chi connectivity index (χ2v) is 11.7. The number of anilines is 2. The van der Waals surface area contributed by atoms with E-state index in [-0.39, 0.29) is 30.4 Å². The minimum absolute atomic E-state index is 0.00356. The molecule has 1 atom stereocenters. The Balaban J connectivity index is 1.41. The molecule has 1 aromatic heterocycles. The number of alkyl halides is 5. The Hall–Kier alpha value is -3.96. The van der Waals surface area contributed by atoms with Crippen LogP contribution in [0.3, 0.4) is 0 Å². The fraction of sp³-hybridized carbons (Fsp3) is 0.452. The van der Waals surface area contributed by atoms with Crippen LogP contribution < -0.4 is 4.90 Å². The van der Waals surface area contributed by atoms with E-state index >= 15 is 0 Å². The Labute approximate surface area is 245 Å². The third kappa shape index (κ3) is 5.71. The Morgan fingerprint density at radius 3 is 2.51 bits per heavy atom. The van der Waals surface area contributed by atoms with Crippen molar-refractivity contribution in [3.8, 4) is 11.1 Å². The lowest BCUT2D eigenvalue weighted by Gasteiger charge is -2.36. The molecule has 3 aliphatic heterocycles. The average Bonchev–Trinajstić information content (AvgIpc) is 3.58. The fourth-order valence-electron chi connectivity index (χ4n) is 6.65. The number of benzene rings is 2. The van der Waals surface area contributed by atoms with E-state index in [1.807, 2.05) is 23.1 Å². The Kier molecular flexibility index (Phi) is 7.42. The zero-order valence-corrected chi connectivity index (χ0v) is 23.9. The number of nitrogens with zero attached hydrogens (tertiary/aromatic N) is 5. The number of hydrogen-bond acceptors (Lipinski definition) is 4. The number of fused-ring (bicyclic) bond motifs is 2. The van der Waals surface area contributed by atoms with Gasteiger partial charge in [0, 0.05) is 80.8 Å². The molecule has 1 saturated heterocycles. The van der Waals surface area contributed by atoms with E-state index in [0.717, 1.165) is 39.3 Å². The molecular weight excluding hydrogens is 569 g/mol. The topological polar surface area (TPSA) is 61.7 Å². The molecule has 6 rings (SSSR count). The number of piperidine rings is 1. The van der Waals surface area contributed by atoms with E-state index in [2.05, 4.69) is 5.10 Å². The Bertz CT molecular complexity index is 1580. The number of carbonyl (C=O) groups excluding carboxylic acids is 2. The monoisotopic (exact) mass is 601 g/mol. The molecule has 1 unspecified atom stereocenters. The summed E-state index contributed by atoms with van der Waals surface area (Å²) in [6.07, 6.45) is -2.10. The first-order valence-corrected chi connectivity index (χ1v) is 14.3. The summed E-state index contributed by atoms with van der Waals surface area (Å²) < 4.78 is 69.4. The number of rotatable bonds is 5. The van der Waals surface area contributed by atoms with Crippen LogP contribution in [0.15, 0.2) is 36.7 Å². The molecule has 0 radical (unpaired) electrons. The molecule has 0 spiro atoms. The van der Waals surface area contributed by atoms with Crippen LogP contribution in [0, 0.1) is 0 Å². The van der Waals surface area contributed by atoms with E-state index in [4.69, 9.17) is 0 Å². The van der Waals surface area contributed by atoms with Gasteiger partial charge in [-0.2, -0.15) is 18.3 Å². The number of amides is 2. The second-order valence-electron chi connectivity index (χ2n) is 11.7. The second kappa shape index (κ2) is 10.9. The summed E-state index contributed by atoms with van der Waals surface area (Å²) in [6, 6.07) is 7.28. The maximum Gasteiger partial charge on any atom is 0.406 e. The van der Waals surface area contributed by atoms with E-state index < -0.39 is 25.1 Å². The molecule has 1 fully saturated rings. The van der Waals surface area contributed by atoms with Crippen molar-refractivity contribution in [2.45, 2.75) is 64.2 Å². The van der Waals surface area contributed by atoms with Crippen molar-refractivity contribution in [1.82, 2.24) is 19.6 Å². The van der Waals surface area contributed by atoms with Crippen LogP contribution in [-0.2, 0) is 36.1 Å². The predicted molar refractivity (Wildman–Crippen MR) is 150 cm³/mol. The smallest absolute Gasteiger partial charge is 0.341 e. The Morgan fingerprint density at radius 2 is 1.86 bits per heavy atom. The van der Waals surface area contributed by atoms with Crippen LogP contribution in [0.4, 0.5) is 33.3 Å². The zero-order chi connectivity index (χ0) is 30.6. The first-order valence-electron chi connectivity index (χ1n) is 14.3. The average molecular weight is 602 g/mol. The summed E-state index contributed by atoms with van der Waals surface area (Å²) in [6.45, 7) is 1.53. The third-order valence-electron chi connectivity index (χ3n) is 8.77. The third-order valence-corrected chi connectivity index (χ3v) is 8.77. The first kappa shape index (κ1) is 29.1. The normalized spacial score (nSPS) is 18.8. The van der Waals surface area contributed by atoms with Crippen molar-refractivity contribution in [3.05, 3.63) is 64.5 Å². The molecular formula is C31H32F5N5O2. The molecule has 12 heteroatoms. The molecule has 7 nitrogen and oxygen atoms in total. The van der Waals surface area contributed by atoms with Gasteiger partial charge in [0.15, 0.2) is 0 Å². The van der Waals surface area contributed by atoms with Gasteiger partial charge in [-0.3, -0.25) is 14.3 Å². The fourth-order valence-corrected chi connectivity index (χ4v) is 6.65. The minimum Gasteiger partial charge on any atom is -0.341 e. The van der Waals surface area contributed by atoms with Crippen LogP contribution in [0.5, 0.6) is 0 Å². The maximum atomic E-state index is 14.5. The summed E-state index contributed by atoms with van der Waals surface area (Å²) in [4.78, 5) is 29.7. The van der Waals surface area contributed by atoms with E-state index in [9.17, 15) is 31.5 Å². The van der Waals surface area contributed by atoms with Gasteiger partial charge in [-0.15, -0.1) is 0 Å². The van der Waals surface area contributed by atoms with Crippen LogP contribution in [0.2, 0.25) is 0 Å². The molecule has 0 bridgehead atoms. The highest BCUT2D eigenvalue weighted by molar-refractivity contribution is 5.81. The van der Waals surface area contributed by atoms with Gasteiger partial charge >= 0.3 is 6.18 Å². The van der Waals surface area contributed by atoms with E-state index in [0.29, 0.717) is 49.3 Å². The summed E-state index contributed by atoms with van der Waals surface area (Å²) in [5.74, 6) is -0.936. The number of likely N-dealkylation sites (tertiary alicyclic amines) is 1. The number of halogens is 5. The van der Waals surface area contributed by atoms with Gasteiger partial charge in [-0.05, 0) is 65.6 Å². The van der Waals surface area contributed by atoms with E-state index in [1.165, 1.54) is 6.92 Å². The minimum atomic E-state index is -4.46. The zero-order valence-electron chi connectivity index (χ0n) is 23.9. The van der Waals surface area contributed by atoms with Crippen molar-refractivity contribution in [2.24, 2.45) is 7.05 Å². The van der Waals surface area contributed by atoms with Crippen LogP contribution >= 0.6 is 0 Å². The van der Waals surface area contributed by atoms with Gasteiger partial charge in [0.05, 0.1) is 6.20 Å². The number of aryl methyl sites for hydroxylation is 2. The van der Waals surface area contributed by atoms with Gasteiger partial charge in [-0.1, -0.05) is 6.07 Å². The number of carbonyl (C=O) groups is 2. The number of hydrogen-bond donors (Lipinski definition) is 0. The quantitative estimate of drug-likeness (QED) is 0.325. The summed E-state index contributed by atoms with van der Waals surface area (Å²) in [5.41, 5.74) is 5.97. The lowest BCUT2D eigenvalue weighted by Crippen LogP contribution is -2.43. The Morgan fingerprint density at radius 1 is 1.07 bits per heavy atom. The van der Waals surface area contributed by atoms with Crippen LogP contribution in [0.25, 0.3) is 11.1 Å². The molecule has 3 aromatic rings. The predicted octanol–water partition coefficient (Wildman–Crippen LogP) is 6.24. The lowest BCUT2D eigenvalue weighted by atomic mass is 9.86. The molecule has 0 N–H and O–H groups in total. The highest BCUT2D eigenvalue weighted by atomic mass is 19.4. The van der Waals surface area contributed by atoms with Gasteiger partial charge in [0.25, 0.3) is 6.43 Å². The van der Waals surface area contributed by atoms with Crippen molar-refractivity contribution < 1.29 is 31.5 Å². The molecule has 3 aliphatic rings. The SMILES string of the molecule is CC(=O)N1Cc2cc(C3CCN(CC(F)(F)F)C(=O)C3)cc(N3CCCc4cc(-c5cnn(C)c5)c(C(F)F)cc43)c2C1. The van der Waals surface area contributed by atoms with Crippen molar-refractivity contribution in [2.75, 3.05) is 24.5 Å². The van der Waals surface area contributed by atoms with Gasteiger partial charge in [0.2, 0.25) is 11.8 Å². The molecule has 228 valence electrons. The molecule has 2 aromatic carbocycles. The van der Waals surface area contributed by atoms with Crippen LogP contribution in [0.1, 0.15) is 66.3 Å². The number of aromatic nitrogens is 2. The van der Waals surface area contributed by atoms with Crippen molar-refractivity contribution >= 4 is 23.2 Å². The van der Waals surface area contributed by atoms with Crippen LogP contribution in [-0.4, -0.2) is 57.2 Å². The molecule has 4 heterocycles. The van der Waals surface area contributed by atoms with Crippen molar-refractivity contribution in [3.63, 3.8) is 0 Å². The van der Waals surface area contributed by atoms with Crippen molar-refractivity contribution in [1.29, 1.82) is 0 Å². The highest BCUT2D eigenvalue weighted by Crippen LogP contribution is 2.45. The highest BCUT2D eigenvalue weighted by Gasteiger charge is 2.37.